The van der Waals surface area contributed by atoms with Gasteiger partial charge in [-0.05, 0) is 7.05 Å². The molecule has 9 nitrogen and oxygen atoms in total. The summed E-state index contributed by atoms with van der Waals surface area (Å²) in [4.78, 5) is 34.8. The average Bonchev–Trinajstić information content (AvgIpc) is 2.36. The number of morpholine rings is 1. The fraction of sp³-hybridized carbons (Fsp3) is 0.727. The smallest absolute Gasteiger partial charge is 0.329 e. The minimum atomic E-state index is -1.18. The first-order valence-electron chi connectivity index (χ1n) is 6.14. The minimum Gasteiger partial charge on any atom is -0.480 e. The van der Waals surface area contributed by atoms with Gasteiger partial charge < -0.3 is 24.8 Å². The number of rotatable bonds is 6. The van der Waals surface area contributed by atoms with Crippen molar-refractivity contribution in [2.45, 2.75) is 6.10 Å². The van der Waals surface area contributed by atoms with Gasteiger partial charge in [0.2, 0.25) is 0 Å². The third-order valence-electron chi connectivity index (χ3n) is 2.54. The highest BCUT2D eigenvalue weighted by Gasteiger charge is 2.18. The molecule has 0 spiro atoms. The summed E-state index contributed by atoms with van der Waals surface area (Å²) in [5, 5.41) is 12.8. The predicted octanol–water partition coefficient (Wildman–Crippen LogP) is -1.76. The topological polar surface area (TPSA) is 117 Å². The van der Waals surface area contributed by atoms with Crippen LogP contribution >= 0.6 is 0 Å². The summed E-state index contributed by atoms with van der Waals surface area (Å²) in [6, 6.07) is -0.661. The number of carbonyl (C=O) groups excluding carboxylic acids is 2. The molecule has 3 amide bonds. The van der Waals surface area contributed by atoms with Gasteiger partial charge in [0, 0.05) is 19.6 Å². The van der Waals surface area contributed by atoms with Crippen LogP contribution in [-0.4, -0.2) is 80.5 Å². The Morgan fingerprint density at radius 1 is 1.40 bits per heavy atom. The van der Waals surface area contributed by atoms with E-state index in [1.54, 1.807) is 0 Å². The fourth-order valence-corrected chi connectivity index (χ4v) is 1.63. The van der Waals surface area contributed by atoms with Gasteiger partial charge in [-0.25, -0.2) is 9.59 Å². The normalized spacial score (nSPS) is 19.4. The summed E-state index contributed by atoms with van der Waals surface area (Å²) in [5.74, 6) is -1.88. The zero-order chi connectivity index (χ0) is 15.0. The lowest BCUT2D eigenvalue weighted by atomic mass is 10.3. The first kappa shape index (κ1) is 16.3. The highest BCUT2D eigenvalue weighted by Crippen LogP contribution is 2.01. The van der Waals surface area contributed by atoms with Crippen molar-refractivity contribution >= 4 is 17.9 Å². The van der Waals surface area contributed by atoms with Crippen molar-refractivity contribution in [1.29, 1.82) is 0 Å². The highest BCUT2D eigenvalue weighted by molar-refractivity contribution is 5.94. The van der Waals surface area contributed by atoms with Crippen LogP contribution < -0.4 is 10.6 Å². The molecule has 0 bridgehead atoms. The molecule has 114 valence electrons. The average molecular weight is 289 g/mol. The molecule has 3 N–H and O–H groups in total. The number of hydrogen-bond donors (Lipinski definition) is 3. The van der Waals surface area contributed by atoms with Gasteiger partial charge in [-0.2, -0.15) is 0 Å². The van der Waals surface area contributed by atoms with Crippen molar-refractivity contribution in [3.05, 3.63) is 0 Å². The molecule has 1 heterocycles. The van der Waals surface area contributed by atoms with E-state index >= 15 is 0 Å². The molecule has 1 unspecified atom stereocenters. The maximum absolute atomic E-state index is 11.4. The molecule has 0 aromatic rings. The van der Waals surface area contributed by atoms with Crippen molar-refractivity contribution in [1.82, 2.24) is 15.5 Å². The van der Waals surface area contributed by atoms with Gasteiger partial charge >= 0.3 is 12.0 Å². The molecule has 0 aromatic carbocycles. The van der Waals surface area contributed by atoms with Crippen LogP contribution in [0.2, 0.25) is 0 Å². The number of amides is 3. The van der Waals surface area contributed by atoms with Crippen LogP contribution in [0.3, 0.4) is 0 Å². The summed E-state index contributed by atoms with van der Waals surface area (Å²) in [6.07, 6.45) is -0.113. The number of carboxylic acids is 1. The number of hydrogen-bond acceptors (Lipinski definition) is 6. The van der Waals surface area contributed by atoms with Crippen LogP contribution in [0.25, 0.3) is 0 Å². The number of likely N-dealkylation sites (N-methyl/N-ethyl adjacent to an activating group) is 1. The molecule has 0 radical (unpaired) electrons. The lowest BCUT2D eigenvalue weighted by molar-refractivity contribution is -0.143. The number of ether oxygens (including phenoxy) is 2. The predicted molar refractivity (Wildman–Crippen MR) is 67.2 cm³/mol. The monoisotopic (exact) mass is 289 g/mol. The van der Waals surface area contributed by atoms with E-state index in [0.717, 1.165) is 6.54 Å². The van der Waals surface area contributed by atoms with E-state index < -0.39 is 31.1 Å². The van der Waals surface area contributed by atoms with E-state index in [1.165, 1.54) is 0 Å². The van der Waals surface area contributed by atoms with E-state index in [-0.39, 0.29) is 6.10 Å². The number of carboxylic acid groups (broad SMARTS) is 1. The molecule has 1 fully saturated rings. The number of carbonyl (C=O) groups is 3. The van der Waals surface area contributed by atoms with Crippen molar-refractivity contribution in [3.8, 4) is 0 Å². The first-order chi connectivity index (χ1) is 9.47. The lowest BCUT2D eigenvalue weighted by Gasteiger charge is -2.30. The second kappa shape index (κ2) is 8.46. The third-order valence-corrected chi connectivity index (χ3v) is 2.54. The number of nitrogens with one attached hydrogen (secondary N) is 2. The molecule has 20 heavy (non-hydrogen) atoms. The quantitative estimate of drug-likeness (QED) is 0.530. The molecule has 1 rings (SSSR count). The third kappa shape index (κ3) is 7.02. The van der Waals surface area contributed by atoms with Crippen LogP contribution in [0.5, 0.6) is 0 Å². The molecule has 1 aliphatic heterocycles. The van der Waals surface area contributed by atoms with Gasteiger partial charge in [-0.1, -0.05) is 0 Å². The maximum Gasteiger partial charge on any atom is 0.329 e. The van der Waals surface area contributed by atoms with Gasteiger partial charge in [0.15, 0.2) is 0 Å². The van der Waals surface area contributed by atoms with E-state index in [9.17, 15) is 14.4 Å². The van der Waals surface area contributed by atoms with E-state index in [2.05, 4.69) is 15.0 Å². The highest BCUT2D eigenvalue weighted by atomic mass is 16.5. The van der Waals surface area contributed by atoms with Crippen LogP contribution in [0.1, 0.15) is 0 Å². The van der Waals surface area contributed by atoms with Gasteiger partial charge in [-0.15, -0.1) is 0 Å². The van der Waals surface area contributed by atoms with E-state index in [1.807, 2.05) is 12.4 Å². The van der Waals surface area contributed by atoms with Gasteiger partial charge in [0.25, 0.3) is 5.91 Å². The Labute approximate surface area is 116 Å². The molecule has 0 saturated carbocycles. The molecule has 1 aliphatic rings. The molecular weight excluding hydrogens is 270 g/mol. The van der Waals surface area contributed by atoms with Crippen molar-refractivity contribution in [2.24, 2.45) is 0 Å². The Kier molecular flexibility index (Phi) is 6.91. The first-order valence-corrected chi connectivity index (χ1v) is 6.14. The molecular formula is C11H19N3O6. The molecule has 0 aromatic heterocycles. The molecule has 1 atom stereocenters. The van der Waals surface area contributed by atoms with Crippen LogP contribution in [0.4, 0.5) is 4.79 Å². The van der Waals surface area contributed by atoms with Gasteiger partial charge in [0.05, 0.1) is 12.7 Å². The molecule has 9 heteroatoms. The second-order valence-corrected chi connectivity index (χ2v) is 4.40. The summed E-state index contributed by atoms with van der Waals surface area (Å²) in [7, 11) is 1.96. The Balaban J connectivity index is 2.13. The maximum atomic E-state index is 11.4. The SMILES string of the molecule is CN1CCOC(CNC(=O)NC(=O)COCC(=O)O)C1. The summed E-state index contributed by atoms with van der Waals surface area (Å²) in [5.41, 5.74) is 0. The van der Waals surface area contributed by atoms with Crippen molar-refractivity contribution in [2.75, 3.05) is 46.5 Å². The summed E-state index contributed by atoms with van der Waals surface area (Å²) < 4.78 is 9.98. The zero-order valence-corrected chi connectivity index (χ0v) is 11.3. The standard InChI is InChI=1S/C11H19N3O6/c1-14-2-3-20-8(5-14)4-12-11(18)13-9(15)6-19-7-10(16)17/h8H,2-7H2,1H3,(H,16,17)(H2,12,13,15,18). The van der Waals surface area contributed by atoms with Crippen molar-refractivity contribution < 1.29 is 29.0 Å². The number of nitrogens with zero attached hydrogens (tertiary/aromatic N) is 1. The van der Waals surface area contributed by atoms with Crippen molar-refractivity contribution in [3.63, 3.8) is 0 Å². The Morgan fingerprint density at radius 2 is 2.15 bits per heavy atom. The Hall–Kier alpha value is -1.71. The number of aliphatic carboxylic acids is 1. The summed E-state index contributed by atoms with van der Waals surface area (Å²) >= 11 is 0. The van der Waals surface area contributed by atoms with Crippen LogP contribution in [0, 0.1) is 0 Å². The molecule has 1 saturated heterocycles. The van der Waals surface area contributed by atoms with Crippen LogP contribution in [0.15, 0.2) is 0 Å². The van der Waals surface area contributed by atoms with E-state index in [4.69, 9.17) is 9.84 Å². The fourth-order valence-electron chi connectivity index (χ4n) is 1.63. The molecule has 0 aliphatic carbocycles. The number of imide groups is 1. The largest absolute Gasteiger partial charge is 0.480 e. The van der Waals surface area contributed by atoms with Crippen LogP contribution in [-0.2, 0) is 19.1 Å². The van der Waals surface area contributed by atoms with Gasteiger partial charge in [-0.3, -0.25) is 10.1 Å². The lowest BCUT2D eigenvalue weighted by Crippen LogP contribution is -2.49. The van der Waals surface area contributed by atoms with E-state index in [0.29, 0.717) is 19.7 Å². The second-order valence-electron chi connectivity index (χ2n) is 4.40. The minimum absolute atomic E-state index is 0.113. The Bertz CT molecular complexity index is 362. The zero-order valence-electron chi connectivity index (χ0n) is 11.3. The summed E-state index contributed by atoms with van der Waals surface area (Å²) in [6.45, 7) is 1.38. The Morgan fingerprint density at radius 3 is 2.80 bits per heavy atom. The number of urea groups is 1. The van der Waals surface area contributed by atoms with Gasteiger partial charge in [0.1, 0.15) is 13.2 Å².